The van der Waals surface area contributed by atoms with Crippen molar-refractivity contribution in [1.82, 2.24) is 20.0 Å². The number of ether oxygens (including phenoxy) is 1. The number of hydrogen-bond acceptors (Lipinski definition) is 5. The van der Waals surface area contributed by atoms with Gasteiger partial charge in [0, 0.05) is 29.1 Å². The maximum Gasteiger partial charge on any atom is 0.295 e. The van der Waals surface area contributed by atoms with Crippen LogP contribution in [-0.2, 0) is 0 Å². The third-order valence-electron chi connectivity index (χ3n) is 4.20. The zero-order chi connectivity index (χ0) is 19.5. The molecule has 0 unspecified atom stereocenters. The minimum absolute atomic E-state index is 0.351. The van der Waals surface area contributed by atoms with E-state index < -0.39 is 0 Å². The molecule has 0 aliphatic carbocycles. The molecular weight excluding hydrogens is 359 g/mol. The molecule has 2 aromatic heterocycles. The summed E-state index contributed by atoms with van der Waals surface area (Å²) in [4.78, 5) is 17.9. The van der Waals surface area contributed by atoms with Crippen LogP contribution < -0.4 is 4.74 Å². The normalized spacial score (nSPS) is 10.6. The SMILES string of the molecule is COc1ccc(C(=O)n2nc(-c3ccncc3)c(-c3ccc(F)cc3)n2)cc1. The molecule has 0 aliphatic rings. The summed E-state index contributed by atoms with van der Waals surface area (Å²) in [6.45, 7) is 0. The number of nitrogens with zero attached hydrogens (tertiary/aromatic N) is 4. The van der Waals surface area contributed by atoms with E-state index in [1.807, 2.05) is 0 Å². The predicted octanol–water partition coefficient (Wildman–Crippen LogP) is 3.84. The fraction of sp³-hybridized carbons (Fsp3) is 0.0476. The maximum absolute atomic E-state index is 13.3. The molecule has 0 N–H and O–H groups in total. The minimum Gasteiger partial charge on any atom is -0.497 e. The van der Waals surface area contributed by atoms with Gasteiger partial charge in [-0.2, -0.15) is 0 Å². The molecule has 0 radical (unpaired) electrons. The van der Waals surface area contributed by atoms with Crippen LogP contribution in [0, 0.1) is 5.82 Å². The van der Waals surface area contributed by atoms with E-state index in [4.69, 9.17) is 4.74 Å². The van der Waals surface area contributed by atoms with Crippen LogP contribution in [0.25, 0.3) is 22.5 Å². The molecule has 0 aliphatic heterocycles. The van der Waals surface area contributed by atoms with Gasteiger partial charge in [0.1, 0.15) is 23.0 Å². The van der Waals surface area contributed by atoms with Gasteiger partial charge in [-0.05, 0) is 60.7 Å². The highest BCUT2D eigenvalue weighted by Gasteiger charge is 2.19. The molecule has 0 saturated heterocycles. The lowest BCUT2D eigenvalue weighted by Crippen LogP contribution is -2.15. The standard InChI is InChI=1S/C21H15FN4O2/c1-28-18-8-4-16(5-9-18)21(27)26-24-19(14-2-6-17(22)7-3-14)20(25-26)15-10-12-23-13-11-15/h2-13H,1H3. The molecule has 6 nitrogen and oxygen atoms in total. The van der Waals surface area contributed by atoms with Crippen LogP contribution in [0.15, 0.2) is 73.1 Å². The van der Waals surface area contributed by atoms with Gasteiger partial charge in [-0.1, -0.05) is 0 Å². The average molecular weight is 374 g/mol. The summed E-state index contributed by atoms with van der Waals surface area (Å²) in [5.74, 6) is -0.0864. The van der Waals surface area contributed by atoms with E-state index in [1.165, 1.54) is 12.1 Å². The highest BCUT2D eigenvalue weighted by atomic mass is 19.1. The van der Waals surface area contributed by atoms with E-state index in [0.717, 1.165) is 10.4 Å². The van der Waals surface area contributed by atoms with Crippen molar-refractivity contribution in [3.05, 3.63) is 84.4 Å². The number of rotatable bonds is 4. The minimum atomic E-state index is -0.383. The number of hydrogen-bond donors (Lipinski definition) is 0. The second-order valence-corrected chi connectivity index (χ2v) is 5.96. The summed E-state index contributed by atoms with van der Waals surface area (Å²) in [5, 5.41) is 8.79. The number of aromatic nitrogens is 4. The van der Waals surface area contributed by atoms with Gasteiger partial charge in [0.2, 0.25) is 0 Å². The smallest absolute Gasteiger partial charge is 0.295 e. The average Bonchev–Trinajstić information content (AvgIpc) is 3.20. The monoisotopic (exact) mass is 374 g/mol. The number of benzene rings is 2. The third kappa shape index (κ3) is 3.37. The first-order valence-electron chi connectivity index (χ1n) is 8.48. The van der Waals surface area contributed by atoms with Crippen molar-refractivity contribution in [3.63, 3.8) is 0 Å². The Bertz CT molecular complexity index is 1110. The molecular formula is C21H15FN4O2. The van der Waals surface area contributed by atoms with Crippen LogP contribution in [0.3, 0.4) is 0 Å². The van der Waals surface area contributed by atoms with Crippen molar-refractivity contribution in [2.45, 2.75) is 0 Å². The number of methoxy groups -OCH3 is 1. The summed E-state index contributed by atoms with van der Waals surface area (Å²) >= 11 is 0. The van der Waals surface area contributed by atoms with E-state index in [1.54, 1.807) is 68.0 Å². The Labute approximate surface area is 160 Å². The van der Waals surface area contributed by atoms with Gasteiger partial charge in [-0.3, -0.25) is 9.78 Å². The van der Waals surface area contributed by atoms with Gasteiger partial charge < -0.3 is 4.74 Å². The van der Waals surface area contributed by atoms with Gasteiger partial charge in [0.05, 0.1) is 7.11 Å². The van der Waals surface area contributed by atoms with Crippen molar-refractivity contribution in [2.24, 2.45) is 0 Å². The number of halogens is 1. The van der Waals surface area contributed by atoms with Gasteiger partial charge in [-0.25, -0.2) is 4.39 Å². The molecule has 4 rings (SSSR count). The Morgan fingerprint density at radius 1 is 0.857 bits per heavy atom. The van der Waals surface area contributed by atoms with Gasteiger partial charge in [0.25, 0.3) is 5.91 Å². The topological polar surface area (TPSA) is 69.9 Å². The molecule has 0 fully saturated rings. The molecule has 138 valence electrons. The summed E-state index contributed by atoms with van der Waals surface area (Å²) in [7, 11) is 1.56. The molecule has 0 spiro atoms. The van der Waals surface area contributed by atoms with E-state index in [-0.39, 0.29) is 11.7 Å². The fourth-order valence-electron chi connectivity index (χ4n) is 2.75. The Morgan fingerprint density at radius 2 is 1.43 bits per heavy atom. The van der Waals surface area contributed by atoms with Gasteiger partial charge in [0.15, 0.2) is 0 Å². The van der Waals surface area contributed by atoms with Crippen molar-refractivity contribution < 1.29 is 13.9 Å². The lowest BCUT2D eigenvalue weighted by molar-refractivity contribution is 0.0927. The van der Waals surface area contributed by atoms with Crippen molar-refractivity contribution in [3.8, 4) is 28.3 Å². The first-order chi connectivity index (χ1) is 13.7. The second-order valence-electron chi connectivity index (χ2n) is 5.96. The Hall–Kier alpha value is -3.87. The molecule has 0 saturated carbocycles. The quantitative estimate of drug-likeness (QED) is 0.543. The van der Waals surface area contributed by atoms with Crippen LogP contribution in [0.2, 0.25) is 0 Å². The molecule has 2 aromatic carbocycles. The highest BCUT2D eigenvalue weighted by molar-refractivity contribution is 5.95. The maximum atomic E-state index is 13.3. The molecule has 0 amide bonds. The lowest BCUT2D eigenvalue weighted by atomic mass is 10.1. The van der Waals surface area contributed by atoms with Gasteiger partial charge >= 0.3 is 0 Å². The van der Waals surface area contributed by atoms with Crippen molar-refractivity contribution in [1.29, 1.82) is 0 Å². The lowest BCUT2D eigenvalue weighted by Gasteiger charge is -2.01. The van der Waals surface area contributed by atoms with Crippen molar-refractivity contribution >= 4 is 5.91 Å². The molecule has 0 atom stereocenters. The summed E-state index contributed by atoms with van der Waals surface area (Å²) in [6, 6.07) is 16.1. The first kappa shape index (κ1) is 17.5. The Kier molecular flexibility index (Phi) is 4.63. The largest absolute Gasteiger partial charge is 0.497 e. The Balaban J connectivity index is 1.80. The summed E-state index contributed by atoms with van der Waals surface area (Å²) in [6.07, 6.45) is 3.27. The third-order valence-corrected chi connectivity index (χ3v) is 4.20. The van der Waals surface area contributed by atoms with E-state index in [0.29, 0.717) is 28.3 Å². The predicted molar refractivity (Wildman–Crippen MR) is 101 cm³/mol. The molecule has 4 aromatic rings. The van der Waals surface area contributed by atoms with Crippen LogP contribution in [0.5, 0.6) is 5.75 Å². The van der Waals surface area contributed by atoms with Crippen LogP contribution in [0.4, 0.5) is 4.39 Å². The number of pyridine rings is 1. The highest BCUT2D eigenvalue weighted by Crippen LogP contribution is 2.29. The van der Waals surface area contributed by atoms with Crippen LogP contribution in [-0.4, -0.2) is 33.0 Å². The Morgan fingerprint density at radius 3 is 2.00 bits per heavy atom. The van der Waals surface area contributed by atoms with Crippen LogP contribution in [0.1, 0.15) is 10.4 Å². The molecule has 28 heavy (non-hydrogen) atoms. The van der Waals surface area contributed by atoms with E-state index in [9.17, 15) is 9.18 Å². The van der Waals surface area contributed by atoms with E-state index >= 15 is 0 Å². The van der Waals surface area contributed by atoms with Gasteiger partial charge in [-0.15, -0.1) is 15.0 Å². The summed E-state index contributed by atoms with van der Waals surface area (Å²) < 4.78 is 18.4. The zero-order valence-corrected chi connectivity index (χ0v) is 14.9. The number of carbonyl (C=O) groups excluding carboxylic acids is 1. The molecule has 2 heterocycles. The van der Waals surface area contributed by atoms with Crippen molar-refractivity contribution in [2.75, 3.05) is 7.11 Å². The van der Waals surface area contributed by atoms with Crippen LogP contribution >= 0.6 is 0 Å². The fourth-order valence-corrected chi connectivity index (χ4v) is 2.75. The second kappa shape index (κ2) is 7.40. The first-order valence-corrected chi connectivity index (χ1v) is 8.48. The molecule has 0 bridgehead atoms. The molecule has 7 heteroatoms. The zero-order valence-electron chi connectivity index (χ0n) is 14.9. The summed E-state index contributed by atoms with van der Waals surface area (Å²) in [5.41, 5.74) is 2.82. The number of carbonyl (C=O) groups is 1. The van der Waals surface area contributed by atoms with E-state index in [2.05, 4.69) is 15.2 Å².